The molecule has 1 aromatic carbocycles. The monoisotopic (exact) mass is 390 g/mol. The molecule has 0 atom stereocenters. The van der Waals surface area contributed by atoms with Crippen LogP contribution in [0.3, 0.4) is 0 Å². The van der Waals surface area contributed by atoms with Crippen LogP contribution in [0.5, 0.6) is 0 Å². The summed E-state index contributed by atoms with van der Waals surface area (Å²) in [6, 6.07) is 6.56. The highest BCUT2D eigenvalue weighted by molar-refractivity contribution is 7.89. The largest absolute Gasteiger partial charge is 0.345 e. The van der Waals surface area contributed by atoms with Crippen molar-refractivity contribution < 1.29 is 17.7 Å². The maximum Gasteiger partial charge on any atom is 0.316 e. The number of sulfonamides is 1. The average molecular weight is 390 g/mol. The van der Waals surface area contributed by atoms with Gasteiger partial charge in [-0.05, 0) is 55.9 Å². The first kappa shape index (κ1) is 18.1. The molecule has 4 rings (SSSR count). The maximum absolute atomic E-state index is 12.8. The van der Waals surface area contributed by atoms with Gasteiger partial charge in [0.1, 0.15) is 0 Å². The lowest BCUT2D eigenvalue weighted by Gasteiger charge is -2.29. The molecule has 2 aromatic rings. The van der Waals surface area contributed by atoms with Gasteiger partial charge in [0, 0.05) is 24.7 Å². The van der Waals surface area contributed by atoms with Gasteiger partial charge >= 0.3 is 11.8 Å². The molecule has 1 aromatic heterocycles. The third-order valence-corrected chi connectivity index (χ3v) is 6.94. The van der Waals surface area contributed by atoms with E-state index in [1.807, 2.05) is 0 Å². The van der Waals surface area contributed by atoms with Crippen molar-refractivity contribution >= 4 is 15.9 Å². The van der Waals surface area contributed by atoms with Crippen LogP contribution in [0.1, 0.15) is 43.3 Å². The van der Waals surface area contributed by atoms with E-state index in [1.54, 1.807) is 24.3 Å². The van der Waals surface area contributed by atoms with Crippen molar-refractivity contribution in [3.05, 3.63) is 30.2 Å². The summed E-state index contributed by atoms with van der Waals surface area (Å²) in [6.07, 6.45) is 3.70. The summed E-state index contributed by atoms with van der Waals surface area (Å²) in [5, 5.41) is 6.60. The molecule has 144 valence electrons. The molecule has 2 heterocycles. The third-order valence-electron chi connectivity index (χ3n) is 5.03. The second-order valence-corrected chi connectivity index (χ2v) is 9.22. The molecule has 1 saturated carbocycles. The first-order valence-corrected chi connectivity index (χ1v) is 10.6. The molecular weight excluding hydrogens is 368 g/mol. The number of carbonyl (C=O) groups is 1. The van der Waals surface area contributed by atoms with Gasteiger partial charge in [0.05, 0.1) is 4.90 Å². The normalized spacial score (nSPS) is 19.1. The fourth-order valence-corrected chi connectivity index (χ4v) is 4.53. The van der Waals surface area contributed by atoms with Gasteiger partial charge < -0.3 is 9.84 Å². The zero-order valence-corrected chi connectivity index (χ0v) is 15.9. The summed E-state index contributed by atoms with van der Waals surface area (Å²) in [5.41, 5.74) is 0.593. The van der Waals surface area contributed by atoms with Crippen molar-refractivity contribution in [2.45, 2.75) is 43.5 Å². The second kappa shape index (κ2) is 7.05. The van der Waals surface area contributed by atoms with Gasteiger partial charge in [0.2, 0.25) is 15.8 Å². The number of benzene rings is 1. The minimum atomic E-state index is -3.49. The van der Waals surface area contributed by atoms with E-state index >= 15 is 0 Å². The van der Waals surface area contributed by atoms with E-state index in [0.717, 1.165) is 25.7 Å². The fraction of sp³-hybridized carbons (Fsp3) is 0.500. The van der Waals surface area contributed by atoms with Crippen LogP contribution in [-0.4, -0.2) is 47.9 Å². The highest BCUT2D eigenvalue weighted by atomic mass is 32.2. The second-order valence-electron chi connectivity index (χ2n) is 7.28. The predicted molar refractivity (Wildman–Crippen MR) is 97.4 cm³/mol. The molecule has 8 nitrogen and oxygen atoms in total. The Balaban J connectivity index is 1.48. The van der Waals surface area contributed by atoms with E-state index in [1.165, 1.54) is 4.31 Å². The Hall–Kier alpha value is -2.26. The molecular formula is C18H22N4O4S. The summed E-state index contributed by atoms with van der Waals surface area (Å²) in [5.74, 6) is 0.348. The molecule has 0 unspecified atom stereocenters. The zero-order valence-electron chi connectivity index (χ0n) is 15.1. The zero-order chi connectivity index (χ0) is 19.0. The Morgan fingerprint density at radius 1 is 1.15 bits per heavy atom. The number of carbonyl (C=O) groups excluding carboxylic acids is 1. The number of nitrogens with zero attached hydrogens (tertiary/aromatic N) is 3. The van der Waals surface area contributed by atoms with Crippen LogP contribution >= 0.6 is 0 Å². The van der Waals surface area contributed by atoms with Crippen molar-refractivity contribution in [3.8, 4) is 11.4 Å². The van der Waals surface area contributed by atoms with Gasteiger partial charge in [-0.25, -0.2) is 8.42 Å². The quantitative estimate of drug-likeness (QED) is 0.838. The maximum atomic E-state index is 12.8. The fourth-order valence-electron chi connectivity index (χ4n) is 3.06. The molecule has 1 saturated heterocycles. The van der Waals surface area contributed by atoms with Gasteiger partial charge in [0.25, 0.3) is 0 Å². The molecule has 0 spiro atoms. The number of aromatic nitrogens is 2. The summed E-state index contributed by atoms with van der Waals surface area (Å²) in [7, 11) is -3.49. The van der Waals surface area contributed by atoms with E-state index in [0.29, 0.717) is 24.6 Å². The SMILES string of the molecule is CC1CCN(S(=O)(=O)c2ccc(-c3noc(C(=O)NC4CC4)n3)cc2)CC1. The van der Waals surface area contributed by atoms with Gasteiger partial charge in [-0.1, -0.05) is 12.1 Å². The van der Waals surface area contributed by atoms with E-state index in [-0.39, 0.29) is 28.6 Å². The lowest BCUT2D eigenvalue weighted by molar-refractivity contribution is 0.0907. The van der Waals surface area contributed by atoms with Crippen molar-refractivity contribution in [1.82, 2.24) is 19.8 Å². The summed E-state index contributed by atoms with van der Waals surface area (Å²) in [4.78, 5) is 16.3. The summed E-state index contributed by atoms with van der Waals surface area (Å²) in [6.45, 7) is 3.24. The molecule has 0 bridgehead atoms. The van der Waals surface area contributed by atoms with Crippen molar-refractivity contribution in [2.75, 3.05) is 13.1 Å². The van der Waals surface area contributed by atoms with Gasteiger partial charge in [-0.2, -0.15) is 9.29 Å². The molecule has 2 aliphatic rings. The van der Waals surface area contributed by atoms with Crippen LogP contribution < -0.4 is 5.32 Å². The van der Waals surface area contributed by atoms with Gasteiger partial charge in [-0.3, -0.25) is 4.79 Å². The Kier molecular flexibility index (Phi) is 4.73. The molecule has 0 radical (unpaired) electrons. The number of amides is 1. The molecule has 1 aliphatic carbocycles. The standard InChI is InChI=1S/C18H22N4O4S/c1-12-8-10-22(11-9-12)27(24,25)15-6-2-13(3-7-15)16-20-18(26-21-16)17(23)19-14-4-5-14/h2-3,6-7,12,14H,4-5,8-11H2,1H3,(H,19,23). The van der Waals surface area contributed by atoms with Crippen LogP contribution in [0, 0.1) is 5.92 Å². The van der Waals surface area contributed by atoms with Gasteiger partial charge in [0.15, 0.2) is 0 Å². The first-order valence-electron chi connectivity index (χ1n) is 9.18. The smallest absolute Gasteiger partial charge is 0.316 e. The Labute approximate surface area is 158 Å². The molecule has 9 heteroatoms. The first-order chi connectivity index (χ1) is 12.9. The van der Waals surface area contributed by atoms with E-state index < -0.39 is 10.0 Å². The van der Waals surface area contributed by atoms with Gasteiger partial charge in [-0.15, -0.1) is 0 Å². The highest BCUT2D eigenvalue weighted by Crippen LogP contribution is 2.25. The lowest BCUT2D eigenvalue weighted by Crippen LogP contribution is -2.37. The Morgan fingerprint density at radius 2 is 1.81 bits per heavy atom. The molecule has 2 fully saturated rings. The lowest BCUT2D eigenvalue weighted by atomic mass is 10.0. The van der Waals surface area contributed by atoms with E-state index in [9.17, 15) is 13.2 Å². The molecule has 27 heavy (non-hydrogen) atoms. The highest BCUT2D eigenvalue weighted by Gasteiger charge is 2.29. The summed E-state index contributed by atoms with van der Waals surface area (Å²) < 4.78 is 32.1. The molecule has 1 N–H and O–H groups in total. The third kappa shape index (κ3) is 3.89. The van der Waals surface area contributed by atoms with Crippen molar-refractivity contribution in [2.24, 2.45) is 5.92 Å². The number of piperidine rings is 1. The molecule has 1 aliphatic heterocycles. The van der Waals surface area contributed by atoms with Crippen molar-refractivity contribution in [1.29, 1.82) is 0 Å². The average Bonchev–Trinajstić information content (AvgIpc) is 3.33. The number of nitrogens with one attached hydrogen (secondary N) is 1. The van der Waals surface area contributed by atoms with Crippen LogP contribution in [0.2, 0.25) is 0 Å². The minimum Gasteiger partial charge on any atom is -0.345 e. The van der Waals surface area contributed by atoms with Crippen LogP contribution in [0.25, 0.3) is 11.4 Å². The number of hydrogen-bond acceptors (Lipinski definition) is 6. The van der Waals surface area contributed by atoms with Crippen LogP contribution in [-0.2, 0) is 10.0 Å². The number of rotatable bonds is 5. The Morgan fingerprint density at radius 3 is 2.44 bits per heavy atom. The summed E-state index contributed by atoms with van der Waals surface area (Å²) >= 11 is 0. The topological polar surface area (TPSA) is 105 Å². The van der Waals surface area contributed by atoms with Crippen LogP contribution in [0.15, 0.2) is 33.7 Å². The Bertz CT molecular complexity index is 927. The van der Waals surface area contributed by atoms with E-state index in [2.05, 4.69) is 22.4 Å². The number of hydrogen-bond donors (Lipinski definition) is 1. The minimum absolute atomic E-state index is 0.0870. The van der Waals surface area contributed by atoms with E-state index in [4.69, 9.17) is 4.52 Å². The molecule has 1 amide bonds. The van der Waals surface area contributed by atoms with Crippen molar-refractivity contribution in [3.63, 3.8) is 0 Å². The van der Waals surface area contributed by atoms with Crippen LogP contribution in [0.4, 0.5) is 0 Å². The predicted octanol–water partition coefficient (Wildman–Crippen LogP) is 2.05.